The van der Waals surface area contributed by atoms with E-state index in [1.807, 2.05) is 30.3 Å². The van der Waals surface area contributed by atoms with Gasteiger partial charge in [-0.3, -0.25) is 9.97 Å². The molecule has 0 saturated carbocycles. The van der Waals surface area contributed by atoms with Crippen molar-refractivity contribution in [3.8, 4) is 29.4 Å². The summed E-state index contributed by atoms with van der Waals surface area (Å²) >= 11 is 19.9. The van der Waals surface area contributed by atoms with E-state index in [1.165, 1.54) is 30.7 Å². The standard InChI is InChI=1S/C22H18ClF5N2O.C15H8ClF5N2O.C8H4BrF5O.C6H3ClN2/c23-16-6-7-19(30-12-16)21(13-29,11-14-4-2-1-3-5-14)15-8-17(24)10-18(9-15)31-22(27,28)20(25)26;16-9-1-2-13(23-7-9)12(6-22)8-3-10(17)5-11(4-8)24-15(20,21)14(18)19;9-4-1-5(10)3-6(2-4)15-8(13,14)7(11)12;7-5-1-2-6(3-8)9-4-5/h1-10,12,20H,11,13,29H2;1-5,7,12,14H;1-3,7H;1-2,4H. The zero-order valence-corrected chi connectivity index (χ0v) is 43.1. The maximum Gasteiger partial charge on any atom is 0.461 e. The first-order valence-electron chi connectivity index (χ1n) is 21.5. The van der Waals surface area contributed by atoms with E-state index in [0.717, 1.165) is 42.0 Å². The number of benzene rings is 4. The summed E-state index contributed by atoms with van der Waals surface area (Å²) in [7, 11) is 0. The van der Waals surface area contributed by atoms with Crippen molar-refractivity contribution in [2.75, 3.05) is 6.54 Å². The topological polar surface area (TPSA) is 140 Å². The van der Waals surface area contributed by atoms with Crippen LogP contribution in [0.2, 0.25) is 15.1 Å². The average Bonchev–Trinajstić information content (AvgIpc) is 3.42. The van der Waals surface area contributed by atoms with Gasteiger partial charge < -0.3 is 19.9 Å². The van der Waals surface area contributed by atoms with Crippen LogP contribution in [0.5, 0.6) is 17.2 Å². The van der Waals surface area contributed by atoms with Gasteiger partial charge in [0, 0.05) is 47.8 Å². The monoisotopic (exact) mass is 1250 g/mol. The molecule has 2 unspecified atom stereocenters. The van der Waals surface area contributed by atoms with Crippen LogP contribution >= 0.6 is 50.7 Å². The molecule has 0 radical (unpaired) electrons. The van der Waals surface area contributed by atoms with Gasteiger partial charge in [0.05, 0.1) is 37.9 Å². The molecule has 0 aliphatic heterocycles. The molecule has 7 aromatic rings. The Morgan fingerprint density at radius 1 is 0.557 bits per heavy atom. The van der Waals surface area contributed by atoms with Crippen LogP contribution in [0.4, 0.5) is 65.9 Å². The lowest BCUT2D eigenvalue weighted by Crippen LogP contribution is -2.40. The number of hydrogen-bond acceptors (Lipinski definition) is 9. The summed E-state index contributed by atoms with van der Waals surface area (Å²) in [6.07, 6.45) is -22.0. The Balaban J connectivity index is 0.000000247. The van der Waals surface area contributed by atoms with Gasteiger partial charge in [-0.2, -0.15) is 63.2 Å². The molecule has 0 bridgehead atoms. The van der Waals surface area contributed by atoms with Crippen molar-refractivity contribution in [2.45, 2.75) is 55.4 Å². The first kappa shape index (κ1) is 64.5. The van der Waals surface area contributed by atoms with Crippen molar-refractivity contribution >= 4 is 50.7 Å². The Kier molecular flexibility index (Phi) is 23.5. The predicted molar refractivity (Wildman–Crippen MR) is 262 cm³/mol. The highest BCUT2D eigenvalue weighted by molar-refractivity contribution is 9.10. The molecule has 0 aliphatic rings. The number of ether oxygens (including phenoxy) is 3. The van der Waals surface area contributed by atoms with Crippen LogP contribution in [0.1, 0.15) is 39.7 Å². The Bertz CT molecular complexity index is 3150. The van der Waals surface area contributed by atoms with Crippen molar-refractivity contribution in [1.82, 2.24) is 15.0 Å². The summed E-state index contributed by atoms with van der Waals surface area (Å²) in [6.45, 7) is -0.0926. The lowest BCUT2D eigenvalue weighted by molar-refractivity contribution is -0.253. The van der Waals surface area contributed by atoms with Gasteiger partial charge in [-0.05, 0) is 95.9 Å². The third kappa shape index (κ3) is 19.4. The molecular formula is C51H33BrCl3F15N6O3. The molecule has 2 N–H and O–H groups in total. The van der Waals surface area contributed by atoms with E-state index >= 15 is 0 Å². The van der Waals surface area contributed by atoms with Gasteiger partial charge in [-0.15, -0.1) is 0 Å². The number of hydrogen-bond donors (Lipinski definition) is 1. The molecule has 7 rings (SSSR count). The second-order valence-electron chi connectivity index (χ2n) is 15.6. The Morgan fingerprint density at radius 2 is 1.03 bits per heavy atom. The second kappa shape index (κ2) is 28.7. The van der Waals surface area contributed by atoms with Gasteiger partial charge in [-0.25, -0.2) is 18.2 Å². The van der Waals surface area contributed by atoms with Crippen molar-refractivity contribution in [3.63, 3.8) is 0 Å². The van der Waals surface area contributed by atoms with Crippen molar-refractivity contribution < 1.29 is 80.1 Å². The highest BCUT2D eigenvalue weighted by atomic mass is 79.9. The zero-order valence-electron chi connectivity index (χ0n) is 39.2. The number of alkyl halides is 12. The third-order valence-corrected chi connectivity index (χ3v) is 11.1. The van der Waals surface area contributed by atoms with E-state index < -0.39 is 83.6 Å². The first-order chi connectivity index (χ1) is 37.0. The van der Waals surface area contributed by atoms with E-state index in [-0.39, 0.29) is 34.3 Å². The average molecular weight is 1250 g/mol. The fourth-order valence-electron chi connectivity index (χ4n) is 6.45. The van der Waals surface area contributed by atoms with Gasteiger partial charge in [0.2, 0.25) is 0 Å². The van der Waals surface area contributed by atoms with Crippen LogP contribution in [0.3, 0.4) is 0 Å². The minimum atomic E-state index is -4.79. The SMILES string of the molecule is Fc1cc(Br)cc(OC(F)(F)C(F)F)c1.N#CC(c1cc(F)cc(OC(F)(F)C(F)F)c1)c1ccc(Cl)cn1.N#Cc1ccc(Cl)cn1.NCC(Cc1ccccc1)(c1cc(F)cc(OC(F)(F)C(F)F)c1)c1ccc(Cl)cn1. The molecule has 0 spiro atoms. The molecule has 28 heteroatoms. The van der Waals surface area contributed by atoms with Crippen LogP contribution in [0.25, 0.3) is 0 Å². The summed E-state index contributed by atoms with van der Waals surface area (Å²) in [4.78, 5) is 11.9. The number of nitrogens with two attached hydrogens (primary N) is 1. The fourth-order valence-corrected chi connectivity index (χ4v) is 7.23. The highest BCUT2D eigenvalue weighted by Crippen LogP contribution is 2.39. The number of nitrogens with zero attached hydrogens (tertiary/aromatic N) is 5. The number of nitriles is 2. The molecule has 0 saturated heterocycles. The van der Waals surface area contributed by atoms with Gasteiger partial charge in [-0.1, -0.05) is 81.1 Å². The van der Waals surface area contributed by atoms with Crippen molar-refractivity contribution in [2.24, 2.45) is 5.73 Å². The second-order valence-corrected chi connectivity index (χ2v) is 17.9. The van der Waals surface area contributed by atoms with Crippen LogP contribution in [0.15, 0.2) is 144 Å². The van der Waals surface area contributed by atoms with Crippen LogP contribution < -0.4 is 19.9 Å². The van der Waals surface area contributed by atoms with Crippen LogP contribution in [-0.4, -0.2) is 59.1 Å². The summed E-state index contributed by atoms with van der Waals surface area (Å²) in [6, 6.07) is 29.6. The fraction of sp³-hybridized carbons (Fsp3) is 0.196. The molecular weight excluding hydrogens is 1220 g/mol. The molecule has 3 aromatic heterocycles. The Hall–Kier alpha value is -7.03. The Labute approximate surface area is 462 Å². The summed E-state index contributed by atoms with van der Waals surface area (Å²) in [5.41, 5.74) is 6.81. The van der Waals surface area contributed by atoms with Gasteiger partial charge in [0.15, 0.2) is 0 Å². The normalized spacial score (nSPS) is 12.5. The number of pyridine rings is 3. The minimum absolute atomic E-state index is 0.0765. The number of aromatic nitrogens is 3. The number of halogens is 19. The molecule has 2 atom stereocenters. The lowest BCUT2D eigenvalue weighted by Gasteiger charge is -2.33. The maximum absolute atomic E-state index is 14.4. The van der Waals surface area contributed by atoms with E-state index in [9.17, 15) is 71.1 Å². The molecule has 0 aliphatic carbocycles. The molecule has 9 nitrogen and oxygen atoms in total. The smallest absolute Gasteiger partial charge is 0.428 e. The minimum Gasteiger partial charge on any atom is -0.428 e. The molecule has 0 fully saturated rings. The summed E-state index contributed by atoms with van der Waals surface area (Å²) in [5, 5.41) is 18.7. The summed E-state index contributed by atoms with van der Waals surface area (Å²) < 4.78 is 203. The van der Waals surface area contributed by atoms with E-state index in [0.29, 0.717) is 44.7 Å². The van der Waals surface area contributed by atoms with Crippen molar-refractivity contribution in [1.29, 1.82) is 10.5 Å². The molecule has 418 valence electrons. The maximum atomic E-state index is 14.4. The van der Waals surface area contributed by atoms with E-state index in [4.69, 9.17) is 45.8 Å². The van der Waals surface area contributed by atoms with Crippen LogP contribution in [0, 0.1) is 40.1 Å². The molecule has 4 aromatic carbocycles. The molecule has 0 amide bonds. The first-order valence-corrected chi connectivity index (χ1v) is 23.5. The van der Waals surface area contributed by atoms with E-state index in [2.05, 4.69) is 45.1 Å². The lowest BCUT2D eigenvalue weighted by atomic mass is 9.72. The highest BCUT2D eigenvalue weighted by Gasteiger charge is 2.46. The van der Waals surface area contributed by atoms with Gasteiger partial charge >= 0.3 is 37.6 Å². The molecule has 79 heavy (non-hydrogen) atoms. The van der Waals surface area contributed by atoms with Gasteiger partial charge in [0.1, 0.15) is 52.4 Å². The largest absolute Gasteiger partial charge is 0.461 e. The predicted octanol–water partition coefficient (Wildman–Crippen LogP) is 15.8. The van der Waals surface area contributed by atoms with Crippen LogP contribution in [-0.2, 0) is 11.8 Å². The van der Waals surface area contributed by atoms with E-state index in [1.54, 1.807) is 36.4 Å². The van der Waals surface area contributed by atoms with Crippen molar-refractivity contribution in [3.05, 3.63) is 211 Å². The zero-order chi connectivity index (χ0) is 58.9. The third-order valence-electron chi connectivity index (χ3n) is 9.94. The number of rotatable bonds is 16. The summed E-state index contributed by atoms with van der Waals surface area (Å²) in [5.74, 6) is -6.22. The van der Waals surface area contributed by atoms with Gasteiger partial charge in [0.25, 0.3) is 0 Å². The quantitative estimate of drug-likeness (QED) is 0.0937. The molecule has 3 heterocycles. The Morgan fingerprint density at radius 3 is 1.46 bits per heavy atom.